The maximum atomic E-state index is 14.1. The molecule has 3 aliphatic rings. The summed E-state index contributed by atoms with van der Waals surface area (Å²) in [6.45, 7) is 1.06. The standard InChI is InChI=1S/C22H22FN3O3S2/c23-17-8-3-7-15-18(10-12-30-20(15)17)24-22(27)14-5-4-11-26(13-14)21-16-6-1-2-9-19(16)31(28,29)25-21/h1-3,6-9,14,18H,4-5,10-13H2,(H,24,27)/t14-,18-/m0/s1. The van der Waals surface area contributed by atoms with Crippen molar-refractivity contribution in [2.24, 2.45) is 10.3 Å². The highest BCUT2D eigenvalue weighted by Gasteiger charge is 2.36. The fourth-order valence-electron chi connectivity index (χ4n) is 4.53. The van der Waals surface area contributed by atoms with Crippen LogP contribution in [0.2, 0.25) is 0 Å². The lowest BCUT2D eigenvalue weighted by molar-refractivity contribution is -0.127. The molecule has 1 fully saturated rings. The quantitative estimate of drug-likeness (QED) is 0.745. The molecule has 2 aromatic rings. The number of hydrogen-bond donors (Lipinski definition) is 1. The van der Waals surface area contributed by atoms with E-state index in [4.69, 9.17) is 0 Å². The van der Waals surface area contributed by atoms with Gasteiger partial charge in [-0.3, -0.25) is 4.79 Å². The monoisotopic (exact) mass is 459 g/mol. The number of fused-ring (bicyclic) bond motifs is 2. The van der Waals surface area contributed by atoms with Gasteiger partial charge in [0, 0.05) is 29.3 Å². The molecule has 0 bridgehead atoms. The Morgan fingerprint density at radius 1 is 1.16 bits per heavy atom. The lowest BCUT2D eigenvalue weighted by Crippen LogP contribution is -2.46. The SMILES string of the molecule is O=C(N[C@H]1CCSc2c(F)cccc21)[C@H]1CCCN(C2=NS(=O)(=O)c3ccccc32)C1. The maximum absolute atomic E-state index is 14.1. The summed E-state index contributed by atoms with van der Waals surface area (Å²) in [5, 5.41) is 3.11. The fourth-order valence-corrected chi connectivity index (χ4v) is 6.89. The fraction of sp³-hybridized carbons (Fsp3) is 0.364. The number of carbonyl (C=O) groups excluding carboxylic acids is 1. The van der Waals surface area contributed by atoms with E-state index >= 15 is 0 Å². The zero-order valence-electron chi connectivity index (χ0n) is 16.8. The second kappa shape index (κ2) is 7.94. The van der Waals surface area contributed by atoms with Gasteiger partial charge >= 0.3 is 0 Å². The highest BCUT2D eigenvalue weighted by Crippen LogP contribution is 2.38. The number of thioether (sulfide) groups is 1. The van der Waals surface area contributed by atoms with Gasteiger partial charge in [-0.1, -0.05) is 24.3 Å². The van der Waals surface area contributed by atoms with Gasteiger partial charge in [0.2, 0.25) is 5.91 Å². The van der Waals surface area contributed by atoms with Crippen molar-refractivity contribution in [2.75, 3.05) is 18.8 Å². The number of amidine groups is 1. The number of rotatable bonds is 2. The molecule has 1 saturated heterocycles. The van der Waals surface area contributed by atoms with E-state index in [1.165, 1.54) is 17.8 Å². The summed E-state index contributed by atoms with van der Waals surface area (Å²) in [4.78, 5) is 15.8. The summed E-state index contributed by atoms with van der Waals surface area (Å²) in [7, 11) is -3.69. The molecule has 5 rings (SSSR count). The van der Waals surface area contributed by atoms with Crippen molar-refractivity contribution >= 4 is 33.5 Å². The van der Waals surface area contributed by atoms with Crippen molar-refractivity contribution < 1.29 is 17.6 Å². The Hall–Kier alpha value is -2.39. The highest BCUT2D eigenvalue weighted by molar-refractivity contribution is 7.99. The third kappa shape index (κ3) is 3.74. The van der Waals surface area contributed by atoms with Crippen molar-refractivity contribution in [1.82, 2.24) is 10.2 Å². The molecule has 0 aromatic heterocycles. The summed E-state index contributed by atoms with van der Waals surface area (Å²) >= 11 is 1.49. The van der Waals surface area contributed by atoms with Crippen LogP contribution in [0.15, 0.2) is 56.7 Å². The number of amides is 1. The first-order valence-electron chi connectivity index (χ1n) is 10.3. The lowest BCUT2D eigenvalue weighted by atomic mass is 9.95. The number of benzene rings is 2. The highest BCUT2D eigenvalue weighted by atomic mass is 32.2. The van der Waals surface area contributed by atoms with E-state index in [0.717, 1.165) is 30.6 Å². The molecule has 2 aromatic carbocycles. The van der Waals surface area contributed by atoms with Crippen LogP contribution >= 0.6 is 11.8 Å². The van der Waals surface area contributed by atoms with Crippen LogP contribution in [0, 0.1) is 11.7 Å². The third-order valence-corrected chi connectivity index (χ3v) is 8.53. The van der Waals surface area contributed by atoms with Crippen molar-refractivity contribution in [2.45, 2.75) is 35.1 Å². The molecule has 162 valence electrons. The van der Waals surface area contributed by atoms with Crippen LogP contribution in [0.5, 0.6) is 0 Å². The molecule has 0 radical (unpaired) electrons. The number of halogens is 1. The first-order valence-corrected chi connectivity index (χ1v) is 12.8. The lowest BCUT2D eigenvalue weighted by Gasteiger charge is -2.35. The van der Waals surface area contributed by atoms with E-state index in [1.54, 1.807) is 30.3 Å². The Kier molecular flexibility index (Phi) is 5.26. The Bertz CT molecular complexity index is 1180. The van der Waals surface area contributed by atoms with E-state index in [-0.39, 0.29) is 28.6 Å². The van der Waals surface area contributed by atoms with Gasteiger partial charge in [-0.2, -0.15) is 8.42 Å². The summed E-state index contributed by atoms with van der Waals surface area (Å²) in [5.41, 5.74) is 1.43. The van der Waals surface area contributed by atoms with Crippen LogP contribution in [0.4, 0.5) is 4.39 Å². The molecular weight excluding hydrogens is 437 g/mol. The maximum Gasteiger partial charge on any atom is 0.285 e. The van der Waals surface area contributed by atoms with Crippen molar-refractivity contribution in [3.63, 3.8) is 0 Å². The molecule has 0 aliphatic carbocycles. The second-order valence-corrected chi connectivity index (χ2v) is 10.7. The smallest absolute Gasteiger partial charge is 0.285 e. The molecule has 3 aliphatic heterocycles. The summed E-state index contributed by atoms with van der Waals surface area (Å²) in [6, 6.07) is 11.6. The van der Waals surface area contributed by atoms with Crippen LogP contribution < -0.4 is 5.32 Å². The Morgan fingerprint density at radius 2 is 2.00 bits per heavy atom. The van der Waals surface area contributed by atoms with Gasteiger partial charge in [0.15, 0.2) is 5.84 Å². The molecule has 0 spiro atoms. The number of piperidine rings is 1. The zero-order valence-corrected chi connectivity index (χ0v) is 18.4. The predicted molar refractivity (Wildman–Crippen MR) is 117 cm³/mol. The zero-order chi connectivity index (χ0) is 21.6. The first-order chi connectivity index (χ1) is 14.9. The summed E-state index contributed by atoms with van der Waals surface area (Å²) in [6.07, 6.45) is 2.24. The second-order valence-electron chi connectivity index (χ2n) is 8.03. The van der Waals surface area contributed by atoms with Crippen molar-refractivity contribution in [3.05, 3.63) is 59.4 Å². The summed E-state index contributed by atoms with van der Waals surface area (Å²) < 4.78 is 42.9. The third-order valence-electron chi connectivity index (χ3n) is 6.05. The number of nitrogens with zero attached hydrogens (tertiary/aromatic N) is 2. The minimum Gasteiger partial charge on any atom is -0.355 e. The largest absolute Gasteiger partial charge is 0.355 e. The van der Waals surface area contributed by atoms with Gasteiger partial charge in [-0.15, -0.1) is 16.2 Å². The van der Waals surface area contributed by atoms with Crippen LogP contribution in [0.1, 0.15) is 36.4 Å². The number of likely N-dealkylation sites (tertiary alicyclic amines) is 1. The van der Waals surface area contributed by atoms with Gasteiger partial charge in [-0.25, -0.2) is 4.39 Å². The van der Waals surface area contributed by atoms with Gasteiger partial charge < -0.3 is 10.2 Å². The van der Waals surface area contributed by atoms with Crippen LogP contribution in [0.3, 0.4) is 0 Å². The van der Waals surface area contributed by atoms with Gasteiger partial charge in [0.1, 0.15) is 10.7 Å². The Morgan fingerprint density at radius 3 is 2.87 bits per heavy atom. The van der Waals surface area contributed by atoms with E-state index in [2.05, 4.69) is 9.71 Å². The van der Waals surface area contributed by atoms with E-state index in [9.17, 15) is 17.6 Å². The topological polar surface area (TPSA) is 78.8 Å². The minimum absolute atomic E-state index is 0.0773. The van der Waals surface area contributed by atoms with Gasteiger partial charge in [0.05, 0.1) is 12.0 Å². The Labute approximate surface area is 185 Å². The molecule has 3 heterocycles. The number of carbonyl (C=O) groups is 1. The average Bonchev–Trinajstić information content (AvgIpc) is 3.06. The number of hydrogen-bond acceptors (Lipinski definition) is 5. The van der Waals surface area contributed by atoms with Gasteiger partial charge in [-0.05, 0) is 43.0 Å². The van der Waals surface area contributed by atoms with Crippen molar-refractivity contribution in [3.8, 4) is 0 Å². The molecular formula is C22H22FN3O3S2. The number of sulfonamides is 1. The van der Waals surface area contributed by atoms with E-state index < -0.39 is 10.0 Å². The predicted octanol–water partition coefficient (Wildman–Crippen LogP) is 3.34. The normalized spacial score (nSPS) is 24.2. The van der Waals surface area contributed by atoms with E-state index in [1.807, 2.05) is 11.0 Å². The van der Waals surface area contributed by atoms with Crippen LogP contribution in [-0.4, -0.2) is 43.9 Å². The first kappa shape index (κ1) is 20.5. The number of nitrogens with one attached hydrogen (secondary N) is 1. The molecule has 1 amide bonds. The minimum atomic E-state index is -3.69. The molecule has 6 nitrogen and oxygen atoms in total. The van der Waals surface area contributed by atoms with Gasteiger partial charge in [0.25, 0.3) is 10.0 Å². The molecule has 0 unspecified atom stereocenters. The molecule has 31 heavy (non-hydrogen) atoms. The van der Waals surface area contributed by atoms with Crippen LogP contribution in [0.25, 0.3) is 0 Å². The van der Waals surface area contributed by atoms with Crippen molar-refractivity contribution in [1.29, 1.82) is 0 Å². The Balaban J connectivity index is 1.33. The molecule has 9 heteroatoms. The molecule has 2 atom stereocenters. The average molecular weight is 460 g/mol. The molecule has 0 saturated carbocycles. The van der Waals surface area contributed by atoms with E-state index in [0.29, 0.717) is 29.4 Å². The summed E-state index contributed by atoms with van der Waals surface area (Å²) in [5.74, 6) is 0.574. The van der Waals surface area contributed by atoms with Crippen LogP contribution in [-0.2, 0) is 14.8 Å². The molecule has 1 N–H and O–H groups in total.